The van der Waals surface area contributed by atoms with Gasteiger partial charge in [0.2, 0.25) is 17.6 Å². The van der Waals surface area contributed by atoms with Gasteiger partial charge in [-0.05, 0) is 94.3 Å². The van der Waals surface area contributed by atoms with E-state index in [1.807, 2.05) is 6.92 Å². The SMILES string of the molecule is CCCC(NC(=O)[C@@H]1[C@@H]2[C@H](CN1C(=O)[C@@H](NC(=O)OC(C)(C)C)C1CCCCC1)C2(C)C)C(=O)C(=O)NCC1[C@H](C=C(C)C)C1(C)C. The van der Waals surface area contributed by atoms with Gasteiger partial charge in [-0.15, -0.1) is 0 Å². The highest BCUT2D eigenvalue weighted by Crippen LogP contribution is 2.65. The summed E-state index contributed by atoms with van der Waals surface area (Å²) in [6.45, 7) is 20.7. The minimum atomic E-state index is -0.986. The number of hydrogen-bond acceptors (Lipinski definition) is 6. The summed E-state index contributed by atoms with van der Waals surface area (Å²) >= 11 is 0. The Kier molecular flexibility index (Phi) is 10.9. The van der Waals surface area contributed by atoms with Crippen molar-refractivity contribution in [1.82, 2.24) is 20.9 Å². The average Bonchev–Trinajstić information content (AvgIpc) is 3.56. The van der Waals surface area contributed by atoms with Crippen molar-refractivity contribution in [2.24, 2.45) is 40.4 Å². The number of ketones is 1. The molecule has 2 unspecified atom stereocenters. The molecule has 4 fully saturated rings. The molecule has 3 N–H and O–H groups in total. The second kappa shape index (κ2) is 13.9. The molecule has 47 heavy (non-hydrogen) atoms. The number of piperidine rings is 1. The molecule has 0 radical (unpaired) electrons. The number of Topliss-reactive ketones (excluding diaryl/α,β-unsaturated/α-hetero) is 1. The van der Waals surface area contributed by atoms with Gasteiger partial charge < -0.3 is 25.6 Å². The standard InChI is InChI=1S/C37H60N4O6/c1-11-15-26(30(42)32(44)38-19-24-23(18-21(2)3)36(24,7)8)39-31(43)29-27-25(37(27,9)10)20-41(29)33(45)28(22-16-13-12-14-17-22)40-34(46)47-35(4,5)6/h18,22-29H,11-17,19-20H2,1-10H3,(H,38,44)(H,39,43)(H,40,46)/t23-,24?,25-,26?,27-,28-,29-/m0/s1. The van der Waals surface area contributed by atoms with Crippen LogP contribution in [0.1, 0.15) is 114 Å². The Morgan fingerprint density at radius 3 is 2.17 bits per heavy atom. The highest BCUT2D eigenvalue weighted by Gasteiger charge is 2.70. The summed E-state index contributed by atoms with van der Waals surface area (Å²) in [4.78, 5) is 69.5. The van der Waals surface area contributed by atoms with Crippen LogP contribution in [0, 0.1) is 40.4 Å². The average molecular weight is 657 g/mol. The Bertz CT molecular complexity index is 1260. The van der Waals surface area contributed by atoms with Crippen LogP contribution in [0.15, 0.2) is 11.6 Å². The van der Waals surface area contributed by atoms with Crippen molar-refractivity contribution in [2.45, 2.75) is 138 Å². The number of likely N-dealkylation sites (tertiary alicyclic amines) is 1. The summed E-state index contributed by atoms with van der Waals surface area (Å²) in [6, 6.07) is -2.58. The predicted octanol–water partition coefficient (Wildman–Crippen LogP) is 5.15. The largest absolute Gasteiger partial charge is 0.444 e. The van der Waals surface area contributed by atoms with Crippen molar-refractivity contribution in [3.8, 4) is 0 Å². The molecule has 10 heteroatoms. The van der Waals surface area contributed by atoms with E-state index in [2.05, 4.69) is 63.6 Å². The van der Waals surface area contributed by atoms with Gasteiger partial charge in [-0.2, -0.15) is 0 Å². The third-order valence-electron chi connectivity index (χ3n) is 11.4. The number of amides is 4. The minimum Gasteiger partial charge on any atom is -0.444 e. The molecule has 0 aromatic carbocycles. The lowest BCUT2D eigenvalue weighted by Gasteiger charge is -2.37. The Hall–Kier alpha value is -2.91. The van der Waals surface area contributed by atoms with E-state index in [-0.39, 0.29) is 40.4 Å². The molecule has 264 valence electrons. The molecule has 0 spiro atoms. The summed E-state index contributed by atoms with van der Waals surface area (Å²) < 4.78 is 5.53. The Morgan fingerprint density at radius 1 is 0.957 bits per heavy atom. The molecule has 4 amide bonds. The third-order valence-corrected chi connectivity index (χ3v) is 11.4. The zero-order chi connectivity index (χ0) is 35.1. The summed E-state index contributed by atoms with van der Waals surface area (Å²) in [6.07, 6.45) is 7.15. The molecule has 1 aliphatic heterocycles. The maximum atomic E-state index is 14.3. The van der Waals surface area contributed by atoms with Gasteiger partial charge in [0.05, 0.1) is 6.04 Å². The van der Waals surface area contributed by atoms with Crippen LogP contribution in [0.3, 0.4) is 0 Å². The molecule has 3 aliphatic carbocycles. The number of rotatable bonds is 12. The summed E-state index contributed by atoms with van der Waals surface area (Å²) in [5.41, 5.74) is 0.411. The maximum absolute atomic E-state index is 14.3. The number of carbonyl (C=O) groups is 5. The van der Waals surface area contributed by atoms with Crippen molar-refractivity contribution in [2.75, 3.05) is 13.1 Å². The van der Waals surface area contributed by atoms with Crippen LogP contribution in [0.5, 0.6) is 0 Å². The monoisotopic (exact) mass is 656 g/mol. The molecule has 1 heterocycles. The smallest absolute Gasteiger partial charge is 0.408 e. The van der Waals surface area contributed by atoms with Crippen molar-refractivity contribution in [3.05, 3.63) is 11.6 Å². The number of allylic oxidation sites excluding steroid dienone is 2. The number of alkyl carbamates (subject to hydrolysis) is 1. The van der Waals surface area contributed by atoms with Gasteiger partial charge in [0.25, 0.3) is 5.91 Å². The maximum Gasteiger partial charge on any atom is 0.408 e. The van der Waals surface area contributed by atoms with Crippen LogP contribution in [0.2, 0.25) is 0 Å². The second-order valence-corrected chi connectivity index (χ2v) is 17.0. The van der Waals surface area contributed by atoms with Gasteiger partial charge in [0, 0.05) is 13.1 Å². The fourth-order valence-electron chi connectivity index (χ4n) is 8.40. The highest BCUT2D eigenvalue weighted by molar-refractivity contribution is 6.38. The van der Waals surface area contributed by atoms with E-state index in [1.165, 1.54) is 5.57 Å². The number of carbonyl (C=O) groups excluding carboxylic acids is 5. The van der Waals surface area contributed by atoms with Crippen molar-refractivity contribution in [3.63, 3.8) is 0 Å². The Morgan fingerprint density at radius 2 is 1.60 bits per heavy atom. The van der Waals surface area contributed by atoms with Crippen LogP contribution in [0.4, 0.5) is 4.79 Å². The fraction of sp³-hybridized carbons (Fsp3) is 0.811. The van der Waals surface area contributed by atoms with E-state index in [0.717, 1.165) is 32.1 Å². The van der Waals surface area contributed by atoms with Crippen LogP contribution >= 0.6 is 0 Å². The first-order chi connectivity index (χ1) is 21.8. The van der Waals surface area contributed by atoms with Gasteiger partial charge >= 0.3 is 6.09 Å². The summed E-state index contributed by atoms with van der Waals surface area (Å²) in [7, 11) is 0. The van der Waals surface area contributed by atoms with Crippen LogP contribution in [0.25, 0.3) is 0 Å². The first-order valence-corrected chi connectivity index (χ1v) is 17.9. The zero-order valence-electron chi connectivity index (χ0n) is 30.5. The van der Waals surface area contributed by atoms with E-state index in [1.54, 1.807) is 25.7 Å². The molecule has 7 atom stereocenters. The topological polar surface area (TPSA) is 134 Å². The third kappa shape index (κ3) is 8.22. The van der Waals surface area contributed by atoms with Crippen molar-refractivity contribution >= 4 is 29.6 Å². The number of fused-ring (bicyclic) bond motifs is 1. The van der Waals surface area contributed by atoms with E-state index in [4.69, 9.17) is 4.74 Å². The molecule has 0 aromatic heterocycles. The lowest BCUT2D eigenvalue weighted by molar-refractivity contribution is -0.145. The predicted molar refractivity (Wildman–Crippen MR) is 181 cm³/mol. The summed E-state index contributed by atoms with van der Waals surface area (Å²) in [5.74, 6) is -1.45. The van der Waals surface area contributed by atoms with Gasteiger partial charge in [0.1, 0.15) is 17.7 Å². The molecular formula is C37H60N4O6. The van der Waals surface area contributed by atoms with Crippen LogP contribution in [-0.4, -0.2) is 71.3 Å². The molecule has 4 aliphatic rings. The number of ether oxygens (including phenoxy) is 1. The lowest BCUT2D eigenvalue weighted by Crippen LogP contribution is -2.59. The number of nitrogens with one attached hydrogen (secondary N) is 3. The van der Waals surface area contributed by atoms with E-state index in [0.29, 0.717) is 31.8 Å². The second-order valence-electron chi connectivity index (χ2n) is 17.0. The van der Waals surface area contributed by atoms with Gasteiger partial charge in [-0.25, -0.2) is 4.79 Å². The molecule has 4 rings (SSSR count). The number of nitrogens with zero attached hydrogens (tertiary/aromatic N) is 1. The lowest BCUT2D eigenvalue weighted by atomic mass is 9.83. The fourth-order valence-corrected chi connectivity index (χ4v) is 8.40. The minimum absolute atomic E-state index is 0.0462. The molecular weight excluding hydrogens is 596 g/mol. The number of hydrogen-bond donors (Lipinski definition) is 3. The molecule has 0 bridgehead atoms. The molecule has 3 saturated carbocycles. The highest BCUT2D eigenvalue weighted by atomic mass is 16.6. The Labute approximate surface area is 281 Å². The molecule has 10 nitrogen and oxygen atoms in total. The van der Waals surface area contributed by atoms with E-state index >= 15 is 0 Å². The van der Waals surface area contributed by atoms with Gasteiger partial charge in [-0.1, -0.05) is 72.0 Å². The van der Waals surface area contributed by atoms with Crippen LogP contribution in [-0.2, 0) is 23.9 Å². The first-order valence-electron chi connectivity index (χ1n) is 17.9. The first kappa shape index (κ1) is 36.9. The molecule has 0 aromatic rings. The molecule has 1 saturated heterocycles. The van der Waals surface area contributed by atoms with Gasteiger partial charge in [-0.3, -0.25) is 19.2 Å². The van der Waals surface area contributed by atoms with Gasteiger partial charge in [0.15, 0.2) is 0 Å². The van der Waals surface area contributed by atoms with E-state index < -0.39 is 47.4 Å². The van der Waals surface area contributed by atoms with Crippen molar-refractivity contribution < 1.29 is 28.7 Å². The zero-order valence-corrected chi connectivity index (χ0v) is 30.5. The van der Waals surface area contributed by atoms with Crippen LogP contribution < -0.4 is 16.0 Å². The van der Waals surface area contributed by atoms with Crippen molar-refractivity contribution in [1.29, 1.82) is 0 Å². The van der Waals surface area contributed by atoms with E-state index in [9.17, 15) is 24.0 Å². The summed E-state index contributed by atoms with van der Waals surface area (Å²) in [5, 5.41) is 8.62. The Balaban J connectivity index is 1.48. The normalized spacial score (nSPS) is 28.6. The quantitative estimate of drug-likeness (QED) is 0.197.